The Labute approximate surface area is 88.3 Å². The monoisotopic (exact) mass is 191 g/mol. The molecule has 0 atom stereocenters. The van der Waals surface area contributed by atoms with E-state index in [1.165, 1.54) is 11.1 Å². The summed E-state index contributed by atoms with van der Waals surface area (Å²) in [6.07, 6.45) is 3.43. The van der Waals surface area contributed by atoms with Gasteiger partial charge in [-0.1, -0.05) is 50.3 Å². The van der Waals surface area contributed by atoms with Crippen molar-refractivity contribution in [2.45, 2.75) is 20.3 Å². The van der Waals surface area contributed by atoms with Gasteiger partial charge in [-0.25, -0.2) is 0 Å². The molecule has 0 aromatic heterocycles. The van der Waals surface area contributed by atoms with Gasteiger partial charge in [0.2, 0.25) is 0 Å². The van der Waals surface area contributed by atoms with Gasteiger partial charge in [-0.05, 0) is 24.1 Å². The van der Waals surface area contributed by atoms with Crippen molar-refractivity contribution < 1.29 is 1.43 Å². The van der Waals surface area contributed by atoms with Crippen LogP contribution in [-0.2, 0) is 0 Å². The van der Waals surface area contributed by atoms with Gasteiger partial charge in [0.25, 0.3) is 0 Å². The van der Waals surface area contributed by atoms with Crippen LogP contribution in [-0.4, -0.2) is 13.1 Å². The summed E-state index contributed by atoms with van der Waals surface area (Å²) in [5.74, 6) is 0. The Morgan fingerprint density at radius 3 is 2.43 bits per heavy atom. The van der Waals surface area contributed by atoms with Crippen LogP contribution in [0.5, 0.6) is 0 Å². The van der Waals surface area contributed by atoms with Crippen LogP contribution in [0, 0.1) is 0 Å². The molecule has 1 nitrogen and oxygen atoms in total. The fourth-order valence-corrected chi connectivity index (χ4v) is 1.54. The van der Waals surface area contributed by atoms with Crippen molar-refractivity contribution in [3.63, 3.8) is 0 Å². The third kappa shape index (κ3) is 3.00. The van der Waals surface area contributed by atoms with Crippen LogP contribution in [0.2, 0.25) is 0 Å². The molecule has 14 heavy (non-hydrogen) atoms. The smallest absolute Gasteiger partial charge is 0.0140 e. The molecule has 0 bridgehead atoms. The fourth-order valence-electron chi connectivity index (χ4n) is 1.54. The number of nitrogens with one attached hydrogen (secondary N) is 1. The van der Waals surface area contributed by atoms with Crippen molar-refractivity contribution in [3.05, 3.63) is 42.0 Å². The lowest BCUT2D eigenvalue weighted by Gasteiger charge is -2.13. The van der Waals surface area contributed by atoms with Crippen molar-refractivity contribution >= 4 is 5.57 Å². The molecule has 1 aliphatic heterocycles. The lowest BCUT2D eigenvalue weighted by Crippen LogP contribution is -2.19. The van der Waals surface area contributed by atoms with Gasteiger partial charge < -0.3 is 5.32 Å². The molecule has 1 aromatic rings. The van der Waals surface area contributed by atoms with E-state index in [-0.39, 0.29) is 1.43 Å². The zero-order valence-corrected chi connectivity index (χ0v) is 9.09. The first-order valence-electron chi connectivity index (χ1n) is 5.42. The van der Waals surface area contributed by atoms with Gasteiger partial charge in [-0.2, -0.15) is 0 Å². The second-order valence-corrected chi connectivity index (χ2v) is 3.05. The van der Waals surface area contributed by atoms with E-state index in [1.54, 1.807) is 0 Å². The van der Waals surface area contributed by atoms with Crippen LogP contribution in [0.15, 0.2) is 36.4 Å². The van der Waals surface area contributed by atoms with E-state index in [2.05, 4.69) is 41.7 Å². The Hall–Kier alpha value is -1.08. The predicted octanol–water partition coefficient (Wildman–Crippen LogP) is 3.34. The molecule has 2 rings (SSSR count). The molecule has 1 heteroatoms. The van der Waals surface area contributed by atoms with E-state index in [1.807, 2.05) is 13.8 Å². The summed E-state index contributed by atoms with van der Waals surface area (Å²) in [6.45, 7) is 6.13. The van der Waals surface area contributed by atoms with Crippen LogP contribution in [0.25, 0.3) is 5.57 Å². The Kier molecular flexibility index (Phi) is 5.02. The maximum atomic E-state index is 3.31. The second kappa shape index (κ2) is 6.39. The standard InChI is InChI=1S/C11H13N.C2H6.H2/c1-2-4-10(5-3-1)11-6-8-12-9-7-11;1-2;/h1-6,12H,7-9H2;1-2H3;1H. The number of benzene rings is 1. The van der Waals surface area contributed by atoms with Gasteiger partial charge in [0.05, 0.1) is 0 Å². The average molecular weight is 191 g/mol. The number of hydrogen-bond acceptors (Lipinski definition) is 1. The molecule has 78 valence electrons. The van der Waals surface area contributed by atoms with Crippen molar-refractivity contribution in [3.8, 4) is 0 Å². The molecule has 0 aliphatic carbocycles. The minimum atomic E-state index is 0. The van der Waals surface area contributed by atoms with Gasteiger partial charge in [-0.15, -0.1) is 0 Å². The van der Waals surface area contributed by atoms with Crippen LogP contribution >= 0.6 is 0 Å². The van der Waals surface area contributed by atoms with Gasteiger partial charge >= 0.3 is 0 Å². The predicted molar refractivity (Wildman–Crippen MR) is 65.4 cm³/mol. The van der Waals surface area contributed by atoms with E-state index in [9.17, 15) is 0 Å². The Morgan fingerprint density at radius 2 is 1.86 bits per heavy atom. The SMILES string of the molecule is C1=C(c2ccccc2)CCNC1.CC.[HH]. The first-order valence-corrected chi connectivity index (χ1v) is 5.42. The van der Waals surface area contributed by atoms with Crippen molar-refractivity contribution in [1.82, 2.24) is 5.32 Å². The summed E-state index contributed by atoms with van der Waals surface area (Å²) < 4.78 is 0. The summed E-state index contributed by atoms with van der Waals surface area (Å²) in [4.78, 5) is 0. The van der Waals surface area contributed by atoms with Crippen LogP contribution in [0.3, 0.4) is 0 Å². The molecular formula is C13H21N. The Bertz CT molecular complexity index is 280. The molecule has 1 aliphatic rings. The highest BCUT2D eigenvalue weighted by atomic mass is 14.8. The molecule has 0 saturated heterocycles. The Balaban J connectivity index is 0.000000617. The highest BCUT2D eigenvalue weighted by molar-refractivity contribution is 5.66. The highest BCUT2D eigenvalue weighted by Gasteiger charge is 2.03. The van der Waals surface area contributed by atoms with E-state index in [0.29, 0.717) is 0 Å². The number of rotatable bonds is 1. The zero-order valence-electron chi connectivity index (χ0n) is 9.09. The third-order valence-electron chi connectivity index (χ3n) is 2.21. The van der Waals surface area contributed by atoms with E-state index in [0.717, 1.165) is 19.5 Å². The molecule has 1 heterocycles. The maximum absolute atomic E-state index is 3.31. The molecular weight excluding hydrogens is 170 g/mol. The largest absolute Gasteiger partial charge is 0.313 e. The maximum Gasteiger partial charge on any atom is 0.0140 e. The van der Waals surface area contributed by atoms with Gasteiger partial charge in [0.1, 0.15) is 0 Å². The van der Waals surface area contributed by atoms with Crippen LogP contribution in [0.1, 0.15) is 27.3 Å². The van der Waals surface area contributed by atoms with Crippen molar-refractivity contribution in [1.29, 1.82) is 0 Å². The minimum absolute atomic E-state index is 0. The molecule has 1 N–H and O–H groups in total. The first-order chi connectivity index (χ1) is 6.97. The molecule has 0 fully saturated rings. The minimum Gasteiger partial charge on any atom is -0.313 e. The average Bonchev–Trinajstić information content (AvgIpc) is 2.34. The molecule has 0 saturated carbocycles. The lowest BCUT2D eigenvalue weighted by molar-refractivity contribution is 0.738. The highest BCUT2D eigenvalue weighted by Crippen LogP contribution is 2.18. The summed E-state index contributed by atoms with van der Waals surface area (Å²) in [5.41, 5.74) is 2.85. The number of hydrogen-bond donors (Lipinski definition) is 1. The molecule has 0 unspecified atom stereocenters. The molecule has 0 radical (unpaired) electrons. The fraction of sp³-hybridized carbons (Fsp3) is 0.385. The normalized spacial score (nSPS) is 15.1. The van der Waals surface area contributed by atoms with E-state index >= 15 is 0 Å². The molecule has 0 spiro atoms. The summed E-state index contributed by atoms with van der Waals surface area (Å²) in [5, 5.41) is 3.31. The van der Waals surface area contributed by atoms with Gasteiger partial charge in [-0.3, -0.25) is 0 Å². The van der Waals surface area contributed by atoms with Crippen molar-refractivity contribution in [2.75, 3.05) is 13.1 Å². The van der Waals surface area contributed by atoms with E-state index in [4.69, 9.17) is 0 Å². The van der Waals surface area contributed by atoms with Crippen molar-refractivity contribution in [2.24, 2.45) is 0 Å². The summed E-state index contributed by atoms with van der Waals surface area (Å²) in [7, 11) is 0. The van der Waals surface area contributed by atoms with Gasteiger partial charge in [0, 0.05) is 7.97 Å². The summed E-state index contributed by atoms with van der Waals surface area (Å²) >= 11 is 0. The quantitative estimate of drug-likeness (QED) is 0.718. The first kappa shape index (κ1) is 11.0. The third-order valence-corrected chi connectivity index (χ3v) is 2.21. The summed E-state index contributed by atoms with van der Waals surface area (Å²) in [6, 6.07) is 10.6. The molecule has 1 aromatic carbocycles. The van der Waals surface area contributed by atoms with E-state index < -0.39 is 0 Å². The second-order valence-electron chi connectivity index (χ2n) is 3.05. The molecule has 0 amide bonds. The zero-order chi connectivity index (χ0) is 10.2. The Morgan fingerprint density at radius 1 is 1.14 bits per heavy atom. The van der Waals surface area contributed by atoms with Crippen LogP contribution in [0.4, 0.5) is 0 Å². The topological polar surface area (TPSA) is 12.0 Å². The lowest BCUT2D eigenvalue weighted by atomic mass is 10.0. The van der Waals surface area contributed by atoms with Crippen LogP contribution < -0.4 is 5.32 Å². The van der Waals surface area contributed by atoms with Gasteiger partial charge in [0.15, 0.2) is 0 Å².